The third-order valence-corrected chi connectivity index (χ3v) is 5.26. The molecule has 2 aromatic rings. The van der Waals surface area contributed by atoms with Crippen LogP contribution in [0.4, 0.5) is 13.2 Å². The number of nitrogens with one attached hydrogen (secondary N) is 2. The van der Waals surface area contributed by atoms with E-state index in [2.05, 4.69) is 9.46 Å². The van der Waals surface area contributed by atoms with E-state index in [1.807, 2.05) is 0 Å². The van der Waals surface area contributed by atoms with Gasteiger partial charge in [-0.3, -0.25) is 4.79 Å². The first kappa shape index (κ1) is 22.7. The van der Waals surface area contributed by atoms with Gasteiger partial charge in [0.05, 0.1) is 12.3 Å². The molecule has 1 aliphatic rings. The molecule has 1 amide bonds. The van der Waals surface area contributed by atoms with E-state index in [1.54, 1.807) is 24.4 Å². The molecule has 0 aromatic heterocycles. The number of alkyl halides is 2. The Morgan fingerprint density at radius 2 is 1.90 bits per heavy atom. The summed E-state index contributed by atoms with van der Waals surface area (Å²) in [5, 5.41) is 8.14. The van der Waals surface area contributed by atoms with E-state index in [0.717, 1.165) is 4.90 Å². The fraction of sp³-hybridized carbons (Fsp3) is 0.238. The summed E-state index contributed by atoms with van der Waals surface area (Å²) >= 11 is 1.21. The number of methoxy groups -OCH3 is 1. The van der Waals surface area contributed by atoms with Gasteiger partial charge in [-0.25, -0.2) is 4.39 Å². The Labute approximate surface area is 181 Å². The second-order valence-electron chi connectivity index (χ2n) is 6.55. The molecule has 3 rings (SSSR count). The van der Waals surface area contributed by atoms with Crippen LogP contribution in [0, 0.1) is 11.2 Å². The third-order valence-electron chi connectivity index (χ3n) is 4.52. The van der Waals surface area contributed by atoms with Crippen molar-refractivity contribution in [3.05, 3.63) is 71.7 Å². The topological polar surface area (TPSA) is 74.7 Å². The van der Waals surface area contributed by atoms with E-state index in [0.29, 0.717) is 5.57 Å². The van der Waals surface area contributed by atoms with Crippen molar-refractivity contribution >= 4 is 23.6 Å². The Kier molecular flexibility index (Phi) is 7.59. The summed E-state index contributed by atoms with van der Waals surface area (Å²) < 4.78 is 51.0. The molecule has 0 bridgehead atoms. The standard InChI is InChI=1S/C21H20F3N3O3S/c1-29-19(16-4-2-3-5-17(16)22)20(28)27-11-13(18(25)12-27)10-26-31-15-8-6-14(7-9-15)30-21(23)24/h2-10,19,21,25-26H,11-12H2,1H3/b13-10-,25-18?. The SMILES string of the molecule is COC(C(=O)N1CC(=N)/C(=C\NSc2ccc(OC(F)F)cc2)C1)c1ccccc1F. The number of carbonyl (C=O) groups is 1. The highest BCUT2D eigenvalue weighted by molar-refractivity contribution is 7.97. The lowest BCUT2D eigenvalue weighted by Gasteiger charge is -2.22. The Morgan fingerprint density at radius 1 is 1.19 bits per heavy atom. The van der Waals surface area contributed by atoms with Gasteiger partial charge in [0.1, 0.15) is 11.6 Å². The van der Waals surface area contributed by atoms with Gasteiger partial charge in [-0.1, -0.05) is 18.2 Å². The highest BCUT2D eigenvalue weighted by Crippen LogP contribution is 2.25. The highest BCUT2D eigenvalue weighted by atomic mass is 32.2. The van der Waals surface area contributed by atoms with Gasteiger partial charge < -0.3 is 24.5 Å². The molecule has 1 fully saturated rings. The van der Waals surface area contributed by atoms with Crippen molar-refractivity contribution < 1.29 is 27.4 Å². The molecular weight excluding hydrogens is 431 g/mol. The van der Waals surface area contributed by atoms with Crippen LogP contribution < -0.4 is 9.46 Å². The summed E-state index contributed by atoms with van der Waals surface area (Å²) in [6, 6.07) is 12.0. The van der Waals surface area contributed by atoms with Gasteiger partial charge in [0.25, 0.3) is 5.91 Å². The van der Waals surface area contributed by atoms with Gasteiger partial charge in [-0.2, -0.15) is 8.78 Å². The first-order chi connectivity index (χ1) is 14.9. The maximum absolute atomic E-state index is 14.1. The van der Waals surface area contributed by atoms with Gasteiger partial charge in [-0.15, -0.1) is 0 Å². The molecule has 0 radical (unpaired) electrons. The molecule has 10 heteroatoms. The van der Waals surface area contributed by atoms with Gasteiger partial charge in [0.15, 0.2) is 6.10 Å². The van der Waals surface area contributed by atoms with E-state index in [-0.39, 0.29) is 30.1 Å². The first-order valence-electron chi connectivity index (χ1n) is 9.19. The van der Waals surface area contributed by atoms with E-state index in [4.69, 9.17) is 10.1 Å². The molecule has 1 unspecified atom stereocenters. The number of carbonyl (C=O) groups excluding carboxylic acids is 1. The van der Waals surface area contributed by atoms with Crippen molar-refractivity contribution in [3.8, 4) is 5.75 Å². The molecule has 31 heavy (non-hydrogen) atoms. The van der Waals surface area contributed by atoms with Crippen LogP contribution in [-0.2, 0) is 9.53 Å². The maximum atomic E-state index is 14.1. The molecular formula is C21H20F3N3O3S. The number of benzene rings is 2. The lowest BCUT2D eigenvalue weighted by Crippen LogP contribution is -2.34. The Balaban J connectivity index is 1.59. The van der Waals surface area contributed by atoms with Crippen molar-refractivity contribution in [2.45, 2.75) is 17.6 Å². The van der Waals surface area contributed by atoms with Crippen LogP contribution >= 0.6 is 11.9 Å². The van der Waals surface area contributed by atoms with Crippen LogP contribution in [0.5, 0.6) is 5.75 Å². The van der Waals surface area contributed by atoms with Crippen molar-refractivity contribution in [2.24, 2.45) is 0 Å². The molecule has 6 nitrogen and oxygen atoms in total. The summed E-state index contributed by atoms with van der Waals surface area (Å²) in [7, 11) is 1.34. The number of hydrogen-bond acceptors (Lipinski definition) is 6. The number of halogens is 3. The van der Waals surface area contributed by atoms with Crippen LogP contribution in [0.3, 0.4) is 0 Å². The summed E-state index contributed by atoms with van der Waals surface area (Å²) in [5.41, 5.74) is 0.999. The average Bonchev–Trinajstić information content (AvgIpc) is 3.11. The van der Waals surface area contributed by atoms with Crippen LogP contribution in [0.2, 0.25) is 0 Å². The fourth-order valence-electron chi connectivity index (χ4n) is 3.01. The lowest BCUT2D eigenvalue weighted by molar-refractivity contribution is -0.141. The second kappa shape index (κ2) is 10.4. The van der Waals surface area contributed by atoms with Crippen LogP contribution in [-0.4, -0.2) is 43.3 Å². The Morgan fingerprint density at radius 3 is 2.55 bits per heavy atom. The predicted molar refractivity (Wildman–Crippen MR) is 111 cm³/mol. The number of likely N-dealkylation sites (tertiary alicyclic amines) is 1. The first-order valence-corrected chi connectivity index (χ1v) is 10.0. The maximum Gasteiger partial charge on any atom is 0.387 e. The van der Waals surface area contributed by atoms with E-state index in [1.165, 1.54) is 54.3 Å². The molecule has 0 aliphatic carbocycles. The minimum Gasteiger partial charge on any atom is -0.435 e. The fourth-order valence-corrected chi connectivity index (χ4v) is 3.62. The number of hydrogen-bond donors (Lipinski definition) is 2. The molecule has 1 aliphatic heterocycles. The molecule has 1 saturated heterocycles. The number of amides is 1. The predicted octanol–water partition coefficient (Wildman–Crippen LogP) is 4.16. The van der Waals surface area contributed by atoms with Gasteiger partial charge in [0.2, 0.25) is 0 Å². The van der Waals surface area contributed by atoms with Crippen molar-refractivity contribution in [1.29, 1.82) is 5.41 Å². The van der Waals surface area contributed by atoms with Crippen molar-refractivity contribution in [1.82, 2.24) is 9.62 Å². The Bertz CT molecular complexity index is 970. The molecule has 2 aromatic carbocycles. The molecule has 2 N–H and O–H groups in total. The number of rotatable bonds is 8. The lowest BCUT2D eigenvalue weighted by atomic mass is 10.1. The quantitative estimate of drug-likeness (QED) is 0.590. The van der Waals surface area contributed by atoms with Crippen molar-refractivity contribution in [2.75, 3.05) is 20.2 Å². The highest BCUT2D eigenvalue weighted by Gasteiger charge is 2.33. The summed E-state index contributed by atoms with van der Waals surface area (Å²) in [6.45, 7) is -2.61. The van der Waals surface area contributed by atoms with Gasteiger partial charge in [-0.05, 0) is 42.3 Å². The van der Waals surface area contributed by atoms with Gasteiger partial charge >= 0.3 is 6.61 Å². The smallest absolute Gasteiger partial charge is 0.387 e. The zero-order valence-corrected chi connectivity index (χ0v) is 17.3. The molecule has 0 saturated carbocycles. The van der Waals surface area contributed by atoms with E-state index < -0.39 is 24.4 Å². The molecule has 1 heterocycles. The molecule has 1 atom stereocenters. The largest absolute Gasteiger partial charge is 0.435 e. The van der Waals surface area contributed by atoms with E-state index in [9.17, 15) is 18.0 Å². The third kappa shape index (κ3) is 5.80. The van der Waals surface area contributed by atoms with Crippen molar-refractivity contribution in [3.63, 3.8) is 0 Å². The zero-order valence-electron chi connectivity index (χ0n) is 16.5. The minimum absolute atomic E-state index is 0.0620. The van der Waals surface area contributed by atoms with Crippen LogP contribution in [0.1, 0.15) is 11.7 Å². The van der Waals surface area contributed by atoms with E-state index >= 15 is 0 Å². The minimum atomic E-state index is -2.88. The molecule has 0 spiro atoms. The monoisotopic (exact) mass is 451 g/mol. The number of ether oxygens (including phenoxy) is 2. The Hall–Kier alpha value is -2.98. The van der Waals surface area contributed by atoms with Crippen LogP contribution in [0.15, 0.2) is 65.2 Å². The molecule has 164 valence electrons. The zero-order chi connectivity index (χ0) is 22.4. The van der Waals surface area contributed by atoms with Crippen LogP contribution in [0.25, 0.3) is 0 Å². The summed E-state index contributed by atoms with van der Waals surface area (Å²) in [5.74, 6) is -0.897. The summed E-state index contributed by atoms with van der Waals surface area (Å²) in [6.07, 6.45) is 0.513. The number of nitrogens with zero attached hydrogens (tertiary/aromatic N) is 1. The second-order valence-corrected chi connectivity index (χ2v) is 7.46. The normalized spacial score (nSPS) is 16.1. The summed E-state index contributed by atoms with van der Waals surface area (Å²) in [4.78, 5) is 15.0. The van der Waals surface area contributed by atoms with Gasteiger partial charge in [0, 0.05) is 35.9 Å². The average molecular weight is 451 g/mol.